The lowest BCUT2D eigenvalue weighted by Crippen LogP contribution is -1.99. The Morgan fingerprint density at radius 2 is 0.965 bits per heavy atom. The molecule has 11 aromatic rings. The fourth-order valence-corrected chi connectivity index (χ4v) is 9.44. The van der Waals surface area contributed by atoms with Gasteiger partial charge in [0.1, 0.15) is 11.2 Å². The number of aromatic nitrogens is 1. The lowest BCUT2D eigenvalue weighted by atomic mass is 9.88. The summed E-state index contributed by atoms with van der Waals surface area (Å²) in [5, 5.41) is 4.71. The zero-order valence-electron chi connectivity index (χ0n) is 31.1. The molecule has 2 aromatic heterocycles. The molecule has 0 saturated heterocycles. The number of furan rings is 1. The van der Waals surface area contributed by atoms with E-state index in [0.29, 0.717) is 0 Å². The summed E-state index contributed by atoms with van der Waals surface area (Å²) in [7, 11) is 0. The molecule has 2 nitrogen and oxygen atoms in total. The van der Waals surface area contributed by atoms with Gasteiger partial charge in [0.2, 0.25) is 0 Å². The van der Waals surface area contributed by atoms with Crippen LogP contribution in [0.15, 0.2) is 211 Å². The van der Waals surface area contributed by atoms with Crippen molar-refractivity contribution < 1.29 is 4.42 Å². The van der Waals surface area contributed by atoms with Gasteiger partial charge in [-0.1, -0.05) is 158 Å². The van der Waals surface area contributed by atoms with Gasteiger partial charge in [0, 0.05) is 27.8 Å². The van der Waals surface area contributed by atoms with Crippen molar-refractivity contribution in [1.82, 2.24) is 4.57 Å². The van der Waals surface area contributed by atoms with Crippen LogP contribution in [0.4, 0.5) is 0 Å². The van der Waals surface area contributed by atoms with E-state index in [4.69, 9.17) is 4.42 Å². The van der Waals surface area contributed by atoms with Crippen LogP contribution in [0.3, 0.4) is 0 Å². The maximum atomic E-state index is 6.44. The molecule has 57 heavy (non-hydrogen) atoms. The van der Waals surface area contributed by atoms with E-state index in [2.05, 4.69) is 205 Å². The molecule has 0 radical (unpaired) electrons. The predicted molar refractivity (Wildman–Crippen MR) is 237 cm³/mol. The Hall–Kier alpha value is -7.42. The molecule has 0 N–H and O–H groups in total. The van der Waals surface area contributed by atoms with Gasteiger partial charge >= 0.3 is 0 Å². The third-order valence-corrected chi connectivity index (χ3v) is 12.1. The quantitative estimate of drug-likeness (QED) is 0.173. The molecule has 1 unspecified atom stereocenters. The van der Waals surface area contributed by atoms with Crippen LogP contribution < -0.4 is 0 Å². The van der Waals surface area contributed by atoms with Gasteiger partial charge in [0.05, 0.1) is 16.4 Å². The molecular weight excluding hydrogens is 691 g/mol. The molecule has 266 valence electrons. The molecule has 0 aliphatic heterocycles. The van der Waals surface area contributed by atoms with Gasteiger partial charge in [-0.15, -0.1) is 0 Å². The van der Waals surface area contributed by atoms with E-state index < -0.39 is 0 Å². The number of hydrogen-bond donors (Lipinski definition) is 0. The molecule has 0 saturated carbocycles. The molecule has 1 aliphatic carbocycles. The van der Waals surface area contributed by atoms with Crippen LogP contribution in [0, 0.1) is 0 Å². The lowest BCUT2D eigenvalue weighted by Gasteiger charge is -2.15. The molecule has 0 bridgehead atoms. The summed E-state index contributed by atoms with van der Waals surface area (Å²) in [5.41, 5.74) is 19.2. The van der Waals surface area contributed by atoms with Crippen LogP contribution in [0.5, 0.6) is 0 Å². The highest BCUT2D eigenvalue weighted by Gasteiger charge is 2.30. The van der Waals surface area contributed by atoms with Crippen molar-refractivity contribution in [3.63, 3.8) is 0 Å². The molecule has 0 amide bonds. The molecule has 0 spiro atoms. The third-order valence-electron chi connectivity index (χ3n) is 12.1. The van der Waals surface area contributed by atoms with Crippen molar-refractivity contribution in [1.29, 1.82) is 0 Å². The Balaban J connectivity index is 1.01. The second-order valence-electron chi connectivity index (χ2n) is 15.2. The van der Waals surface area contributed by atoms with Gasteiger partial charge in [-0.25, -0.2) is 0 Å². The molecule has 9 aromatic carbocycles. The first-order valence-corrected chi connectivity index (χ1v) is 19.7. The largest absolute Gasteiger partial charge is 0.456 e. The molecule has 0 fully saturated rings. The van der Waals surface area contributed by atoms with Crippen LogP contribution in [-0.2, 0) is 0 Å². The topological polar surface area (TPSA) is 18.1 Å². The second kappa shape index (κ2) is 12.6. The average molecular weight is 726 g/mol. The summed E-state index contributed by atoms with van der Waals surface area (Å²) in [6.45, 7) is 0. The van der Waals surface area contributed by atoms with E-state index in [0.717, 1.165) is 27.6 Å². The highest BCUT2D eigenvalue weighted by molar-refractivity contribution is 6.24. The number of benzene rings is 9. The zero-order chi connectivity index (χ0) is 37.5. The SMILES string of the molecule is c1ccc(-c2ccc(C3c4ccccc4-c4cc(-c5ccc6c(c5)c5ccc7oc8ccccc8c7c5n6-c5ccc(-c6ccccc6)cc5)ccc43)cc2)cc1. The summed E-state index contributed by atoms with van der Waals surface area (Å²) < 4.78 is 8.87. The highest BCUT2D eigenvalue weighted by atomic mass is 16.3. The molecule has 12 rings (SSSR count). The first kappa shape index (κ1) is 31.9. The Morgan fingerprint density at radius 1 is 0.368 bits per heavy atom. The highest BCUT2D eigenvalue weighted by Crippen LogP contribution is 2.50. The lowest BCUT2D eigenvalue weighted by molar-refractivity contribution is 0.669. The van der Waals surface area contributed by atoms with Crippen LogP contribution >= 0.6 is 0 Å². The van der Waals surface area contributed by atoms with Gasteiger partial charge in [0.25, 0.3) is 0 Å². The molecule has 1 aliphatic rings. The third kappa shape index (κ3) is 4.97. The number of hydrogen-bond acceptors (Lipinski definition) is 1. The Morgan fingerprint density at radius 3 is 1.74 bits per heavy atom. The van der Waals surface area contributed by atoms with Gasteiger partial charge in [0.15, 0.2) is 0 Å². The Labute approximate surface area is 330 Å². The van der Waals surface area contributed by atoms with E-state index in [1.165, 1.54) is 83.0 Å². The normalized spacial score (nSPS) is 13.4. The average Bonchev–Trinajstić information content (AvgIpc) is 3.94. The number of rotatable bonds is 5. The maximum Gasteiger partial charge on any atom is 0.137 e. The van der Waals surface area contributed by atoms with Crippen LogP contribution in [0.2, 0.25) is 0 Å². The summed E-state index contributed by atoms with van der Waals surface area (Å²) in [6, 6.07) is 75.2. The van der Waals surface area contributed by atoms with Gasteiger partial charge < -0.3 is 8.98 Å². The molecule has 2 heteroatoms. The van der Waals surface area contributed by atoms with Gasteiger partial charge in [-0.05, 0) is 110 Å². The number of para-hydroxylation sites is 1. The van der Waals surface area contributed by atoms with Crippen LogP contribution in [0.25, 0.3) is 93.9 Å². The standard InChI is InChI=1S/C55H35NO/c1-3-11-35(12-4-1)37-19-21-39(22-20-37)53-44-16-8-7-15-43(44)48-33-40(25-29-45(48)53)41-26-31-50-49(34-41)46-30-32-52-54(47-17-9-10-18-51(47)57-52)55(46)56(50)42-27-23-38(24-28-42)36-13-5-2-6-14-36/h1-34,53H. The predicted octanol–water partition coefficient (Wildman–Crippen LogP) is 14.8. The maximum absolute atomic E-state index is 6.44. The second-order valence-corrected chi connectivity index (χ2v) is 15.2. The van der Waals surface area contributed by atoms with Crippen molar-refractivity contribution in [2.24, 2.45) is 0 Å². The first-order valence-electron chi connectivity index (χ1n) is 19.7. The van der Waals surface area contributed by atoms with Gasteiger partial charge in [-0.2, -0.15) is 0 Å². The number of nitrogens with zero attached hydrogens (tertiary/aromatic N) is 1. The van der Waals surface area contributed by atoms with E-state index in [-0.39, 0.29) is 5.92 Å². The zero-order valence-corrected chi connectivity index (χ0v) is 31.1. The minimum atomic E-state index is 0.191. The van der Waals surface area contributed by atoms with E-state index >= 15 is 0 Å². The number of fused-ring (bicyclic) bond motifs is 10. The fourth-order valence-electron chi connectivity index (χ4n) is 9.44. The Kier molecular flexibility index (Phi) is 7.02. The van der Waals surface area contributed by atoms with E-state index in [1.54, 1.807) is 0 Å². The fraction of sp³-hybridized carbons (Fsp3) is 0.0182. The summed E-state index contributed by atoms with van der Waals surface area (Å²) in [6.07, 6.45) is 0. The van der Waals surface area contributed by atoms with Crippen LogP contribution in [-0.4, -0.2) is 4.57 Å². The summed E-state index contributed by atoms with van der Waals surface area (Å²) >= 11 is 0. The van der Waals surface area contributed by atoms with Crippen molar-refractivity contribution in [3.05, 3.63) is 223 Å². The first-order chi connectivity index (χ1) is 28.3. The van der Waals surface area contributed by atoms with E-state index in [9.17, 15) is 0 Å². The van der Waals surface area contributed by atoms with Crippen molar-refractivity contribution in [2.75, 3.05) is 0 Å². The minimum Gasteiger partial charge on any atom is -0.456 e. The van der Waals surface area contributed by atoms with Crippen molar-refractivity contribution >= 4 is 43.7 Å². The van der Waals surface area contributed by atoms with Gasteiger partial charge in [-0.3, -0.25) is 0 Å². The summed E-state index contributed by atoms with van der Waals surface area (Å²) in [5.74, 6) is 0.191. The Bertz CT molecular complexity index is 3310. The van der Waals surface area contributed by atoms with Crippen LogP contribution in [0.1, 0.15) is 22.6 Å². The summed E-state index contributed by atoms with van der Waals surface area (Å²) in [4.78, 5) is 0. The smallest absolute Gasteiger partial charge is 0.137 e. The molecule has 1 atom stereocenters. The van der Waals surface area contributed by atoms with Crippen molar-refractivity contribution in [2.45, 2.75) is 5.92 Å². The molecular formula is C55H35NO. The van der Waals surface area contributed by atoms with Crippen molar-refractivity contribution in [3.8, 4) is 50.2 Å². The monoisotopic (exact) mass is 725 g/mol. The molecule has 2 heterocycles. The minimum absolute atomic E-state index is 0.191. The van der Waals surface area contributed by atoms with E-state index in [1.807, 2.05) is 6.07 Å².